The van der Waals surface area contributed by atoms with Crippen LogP contribution in [0, 0.1) is 0 Å². The van der Waals surface area contributed by atoms with Gasteiger partial charge in [0.1, 0.15) is 5.75 Å². The molecular formula is C23H30N4O2. The van der Waals surface area contributed by atoms with Crippen LogP contribution < -0.4 is 15.4 Å². The van der Waals surface area contributed by atoms with E-state index in [-0.39, 0.29) is 12.5 Å². The van der Waals surface area contributed by atoms with Crippen LogP contribution in [0.25, 0.3) is 0 Å². The van der Waals surface area contributed by atoms with Crippen LogP contribution in [0.1, 0.15) is 23.5 Å². The van der Waals surface area contributed by atoms with Crippen molar-refractivity contribution in [2.45, 2.75) is 18.8 Å². The van der Waals surface area contributed by atoms with Gasteiger partial charge in [0.25, 0.3) is 0 Å². The number of carbonyl (C=O) groups is 1. The molecule has 6 heteroatoms. The molecule has 29 heavy (non-hydrogen) atoms. The van der Waals surface area contributed by atoms with E-state index >= 15 is 0 Å². The summed E-state index contributed by atoms with van der Waals surface area (Å²) in [5.74, 6) is 2.09. The summed E-state index contributed by atoms with van der Waals surface area (Å²) in [6.07, 6.45) is 1.90. The normalized spacial score (nSPS) is 16.6. The molecule has 0 bridgehead atoms. The molecule has 2 aromatic carbocycles. The second kappa shape index (κ2) is 10.5. The first-order valence-corrected chi connectivity index (χ1v) is 10.1. The highest BCUT2D eigenvalue weighted by Crippen LogP contribution is 2.28. The lowest BCUT2D eigenvalue weighted by molar-refractivity contribution is -0.120. The van der Waals surface area contributed by atoms with Crippen molar-refractivity contribution in [3.63, 3.8) is 0 Å². The van der Waals surface area contributed by atoms with Crippen molar-refractivity contribution in [3.05, 3.63) is 65.7 Å². The number of nitrogens with one attached hydrogen (secondary N) is 2. The molecule has 1 atom stereocenters. The second-order valence-electron chi connectivity index (χ2n) is 7.19. The third-order valence-electron chi connectivity index (χ3n) is 5.27. The predicted molar refractivity (Wildman–Crippen MR) is 116 cm³/mol. The van der Waals surface area contributed by atoms with Crippen LogP contribution in [0.15, 0.2) is 59.6 Å². The van der Waals surface area contributed by atoms with Gasteiger partial charge < -0.3 is 20.3 Å². The maximum Gasteiger partial charge on any atom is 0.239 e. The molecule has 1 heterocycles. The highest BCUT2D eigenvalue weighted by Gasteiger charge is 2.26. The molecule has 154 valence electrons. The second-order valence-corrected chi connectivity index (χ2v) is 7.19. The fourth-order valence-corrected chi connectivity index (χ4v) is 3.65. The number of hydrogen-bond donors (Lipinski definition) is 2. The minimum atomic E-state index is -0.0204. The third kappa shape index (κ3) is 5.98. The van der Waals surface area contributed by atoms with Crippen LogP contribution >= 0.6 is 0 Å². The Morgan fingerprint density at radius 3 is 2.59 bits per heavy atom. The first kappa shape index (κ1) is 20.7. The van der Waals surface area contributed by atoms with E-state index in [2.05, 4.69) is 44.8 Å². The standard InChI is InChI=1S/C23H30N4O2/c1-24-23(26-16-22(28)25-14-12-18-6-4-3-5-7-18)27-15-13-20(17-27)19-8-10-21(29-2)11-9-19/h3-11,20H,12-17H2,1-2H3,(H,24,26)(H,25,28). The number of guanidine groups is 1. The quantitative estimate of drug-likeness (QED) is 0.559. The summed E-state index contributed by atoms with van der Waals surface area (Å²) in [6.45, 7) is 2.67. The average molecular weight is 395 g/mol. The van der Waals surface area contributed by atoms with Gasteiger partial charge in [-0.1, -0.05) is 42.5 Å². The van der Waals surface area contributed by atoms with E-state index in [9.17, 15) is 4.79 Å². The predicted octanol–water partition coefficient (Wildman–Crippen LogP) is 2.42. The van der Waals surface area contributed by atoms with Gasteiger partial charge in [0.05, 0.1) is 13.7 Å². The topological polar surface area (TPSA) is 66.0 Å². The highest BCUT2D eigenvalue weighted by atomic mass is 16.5. The number of hydrogen-bond acceptors (Lipinski definition) is 3. The Hall–Kier alpha value is -3.02. The van der Waals surface area contributed by atoms with Crippen molar-refractivity contribution in [1.29, 1.82) is 0 Å². The highest BCUT2D eigenvalue weighted by molar-refractivity contribution is 5.86. The number of methoxy groups -OCH3 is 1. The Labute approximate surface area is 173 Å². The summed E-state index contributed by atoms with van der Waals surface area (Å²) < 4.78 is 5.24. The number of carbonyl (C=O) groups excluding carboxylic acids is 1. The molecule has 0 aromatic heterocycles. The van der Waals surface area contributed by atoms with E-state index in [0.717, 1.165) is 37.6 Å². The van der Waals surface area contributed by atoms with Gasteiger partial charge in [-0.2, -0.15) is 0 Å². The van der Waals surface area contributed by atoms with Gasteiger partial charge in [0, 0.05) is 32.6 Å². The number of likely N-dealkylation sites (tertiary alicyclic amines) is 1. The van der Waals surface area contributed by atoms with E-state index in [4.69, 9.17) is 4.74 Å². The molecule has 1 amide bonds. The zero-order chi connectivity index (χ0) is 20.5. The first-order valence-electron chi connectivity index (χ1n) is 10.1. The molecule has 1 fully saturated rings. The van der Waals surface area contributed by atoms with Crippen molar-refractivity contribution in [2.24, 2.45) is 4.99 Å². The largest absolute Gasteiger partial charge is 0.497 e. The van der Waals surface area contributed by atoms with Gasteiger partial charge >= 0.3 is 0 Å². The van der Waals surface area contributed by atoms with Gasteiger partial charge in [0.15, 0.2) is 5.96 Å². The van der Waals surface area contributed by atoms with Crippen LogP contribution in [-0.2, 0) is 11.2 Å². The Bertz CT molecular complexity index is 805. The summed E-state index contributed by atoms with van der Waals surface area (Å²) in [4.78, 5) is 18.7. The smallest absolute Gasteiger partial charge is 0.239 e. The van der Waals surface area contributed by atoms with E-state index in [1.54, 1.807) is 14.2 Å². The Morgan fingerprint density at radius 1 is 1.14 bits per heavy atom. The van der Waals surface area contributed by atoms with Crippen LogP contribution in [0.5, 0.6) is 5.75 Å². The van der Waals surface area contributed by atoms with Crippen molar-refractivity contribution >= 4 is 11.9 Å². The van der Waals surface area contributed by atoms with Crippen LogP contribution in [0.3, 0.4) is 0 Å². The summed E-state index contributed by atoms with van der Waals surface area (Å²) in [6, 6.07) is 18.4. The van der Waals surface area contributed by atoms with Gasteiger partial charge in [-0.3, -0.25) is 9.79 Å². The average Bonchev–Trinajstić information content (AvgIpc) is 3.25. The number of benzene rings is 2. The summed E-state index contributed by atoms with van der Waals surface area (Å²) in [5, 5.41) is 6.15. The zero-order valence-electron chi connectivity index (χ0n) is 17.2. The molecule has 0 radical (unpaired) electrons. The van der Waals surface area contributed by atoms with Gasteiger partial charge in [-0.05, 0) is 36.1 Å². The van der Waals surface area contributed by atoms with E-state index < -0.39 is 0 Å². The summed E-state index contributed by atoms with van der Waals surface area (Å²) in [7, 11) is 3.44. The number of aliphatic imine (C=N–C) groups is 1. The molecule has 1 saturated heterocycles. The van der Waals surface area contributed by atoms with Crippen LogP contribution in [0.4, 0.5) is 0 Å². The number of nitrogens with zero attached hydrogens (tertiary/aromatic N) is 2. The van der Waals surface area contributed by atoms with Crippen LogP contribution in [0.2, 0.25) is 0 Å². The van der Waals surface area contributed by atoms with Gasteiger partial charge in [-0.25, -0.2) is 0 Å². The maximum absolute atomic E-state index is 12.2. The molecule has 3 rings (SSSR count). The minimum absolute atomic E-state index is 0.0204. The molecule has 1 aliphatic rings. The van der Waals surface area contributed by atoms with Crippen molar-refractivity contribution in [3.8, 4) is 5.75 Å². The molecule has 2 N–H and O–H groups in total. The maximum atomic E-state index is 12.2. The lowest BCUT2D eigenvalue weighted by atomic mass is 9.98. The SMILES string of the molecule is CN=C(NCC(=O)NCCc1ccccc1)N1CCC(c2ccc(OC)cc2)C1. The van der Waals surface area contributed by atoms with Gasteiger partial charge in [0.2, 0.25) is 5.91 Å². The number of rotatable bonds is 7. The monoisotopic (exact) mass is 394 g/mol. The lowest BCUT2D eigenvalue weighted by Crippen LogP contribution is -2.44. The van der Waals surface area contributed by atoms with E-state index in [0.29, 0.717) is 12.5 Å². The fraction of sp³-hybridized carbons (Fsp3) is 0.391. The summed E-state index contributed by atoms with van der Waals surface area (Å²) >= 11 is 0. The lowest BCUT2D eigenvalue weighted by Gasteiger charge is -2.21. The molecule has 0 aliphatic carbocycles. The number of ether oxygens (including phenoxy) is 1. The fourth-order valence-electron chi connectivity index (χ4n) is 3.65. The number of amides is 1. The molecule has 1 aliphatic heterocycles. The minimum Gasteiger partial charge on any atom is -0.497 e. The molecular weight excluding hydrogens is 364 g/mol. The van der Waals surface area contributed by atoms with Gasteiger partial charge in [-0.15, -0.1) is 0 Å². The Morgan fingerprint density at radius 2 is 1.90 bits per heavy atom. The van der Waals surface area contributed by atoms with Crippen molar-refractivity contribution in [2.75, 3.05) is 40.3 Å². The molecule has 2 aromatic rings. The van der Waals surface area contributed by atoms with E-state index in [1.165, 1.54) is 11.1 Å². The Kier molecular flexibility index (Phi) is 7.50. The molecule has 0 saturated carbocycles. The Balaban J connectivity index is 1.42. The molecule has 6 nitrogen and oxygen atoms in total. The van der Waals surface area contributed by atoms with E-state index in [1.807, 2.05) is 30.3 Å². The first-order chi connectivity index (χ1) is 14.2. The zero-order valence-corrected chi connectivity index (χ0v) is 17.2. The third-order valence-corrected chi connectivity index (χ3v) is 5.27. The van der Waals surface area contributed by atoms with Crippen molar-refractivity contribution in [1.82, 2.24) is 15.5 Å². The molecule has 1 unspecified atom stereocenters. The molecule has 0 spiro atoms. The summed E-state index contributed by atoms with van der Waals surface area (Å²) in [5.41, 5.74) is 2.53. The van der Waals surface area contributed by atoms with Crippen molar-refractivity contribution < 1.29 is 9.53 Å². The van der Waals surface area contributed by atoms with Crippen LogP contribution in [-0.4, -0.2) is 57.1 Å².